The van der Waals surface area contributed by atoms with Crippen molar-refractivity contribution in [2.45, 2.75) is 76.7 Å². The van der Waals surface area contributed by atoms with Gasteiger partial charge < -0.3 is 33.2 Å². The van der Waals surface area contributed by atoms with E-state index < -0.39 is 58.5 Å². The van der Waals surface area contributed by atoms with E-state index in [1.54, 1.807) is 24.3 Å². The summed E-state index contributed by atoms with van der Waals surface area (Å²) in [5, 5.41) is 0. The first-order chi connectivity index (χ1) is 30.3. The molecule has 16 heteroatoms. The zero-order valence-electron chi connectivity index (χ0n) is 34.3. The number of halogens is 4. The maximum atomic E-state index is 15.4. The predicted molar refractivity (Wildman–Crippen MR) is 219 cm³/mol. The second-order valence-corrected chi connectivity index (χ2v) is 14.3. The lowest BCUT2D eigenvalue weighted by Crippen LogP contribution is -2.22. The van der Waals surface area contributed by atoms with E-state index in [0.717, 1.165) is 75.7 Å². The van der Waals surface area contributed by atoms with E-state index in [0.29, 0.717) is 18.8 Å². The molecule has 1 heterocycles. The van der Waals surface area contributed by atoms with Crippen LogP contribution < -0.4 is 18.9 Å². The number of benzene rings is 4. The minimum atomic E-state index is -4.86. The van der Waals surface area contributed by atoms with Crippen molar-refractivity contribution >= 4 is 30.2 Å². The number of ether oxygens (including phenoxy) is 7. The molecule has 4 aromatic carbocycles. The van der Waals surface area contributed by atoms with Crippen molar-refractivity contribution in [2.24, 2.45) is 0 Å². The third-order valence-electron chi connectivity index (χ3n) is 9.64. The zero-order chi connectivity index (χ0) is 45.2. The summed E-state index contributed by atoms with van der Waals surface area (Å²) in [5.74, 6) is -5.73. The molecule has 1 saturated heterocycles. The first-order valence-electron chi connectivity index (χ1n) is 20.3. The Morgan fingerprint density at radius 2 is 1.22 bits per heavy atom. The van der Waals surface area contributed by atoms with Crippen LogP contribution in [0, 0.1) is 5.82 Å². The Morgan fingerprint density at radius 1 is 0.667 bits per heavy atom. The summed E-state index contributed by atoms with van der Waals surface area (Å²) in [4.78, 5) is 61.7. The second-order valence-electron chi connectivity index (χ2n) is 14.3. The van der Waals surface area contributed by atoms with E-state index >= 15 is 4.39 Å². The fourth-order valence-corrected chi connectivity index (χ4v) is 6.07. The van der Waals surface area contributed by atoms with Gasteiger partial charge >= 0.3 is 30.1 Å². The van der Waals surface area contributed by atoms with E-state index in [-0.39, 0.29) is 54.7 Å². The summed E-state index contributed by atoms with van der Waals surface area (Å²) in [6, 6.07) is 20.1. The zero-order valence-corrected chi connectivity index (χ0v) is 34.3. The highest BCUT2D eigenvalue weighted by atomic mass is 19.4. The van der Waals surface area contributed by atoms with E-state index in [2.05, 4.69) is 11.3 Å². The third-order valence-corrected chi connectivity index (χ3v) is 9.64. The molecule has 63 heavy (non-hydrogen) atoms. The summed E-state index contributed by atoms with van der Waals surface area (Å²) in [5.41, 5.74) is -0.867. The summed E-state index contributed by atoms with van der Waals surface area (Å²) >= 11 is 0. The van der Waals surface area contributed by atoms with Gasteiger partial charge in [0.25, 0.3) is 0 Å². The van der Waals surface area contributed by atoms with Gasteiger partial charge in [0, 0.05) is 13.2 Å². The molecule has 12 nitrogen and oxygen atoms in total. The Labute approximate surface area is 361 Å². The highest BCUT2D eigenvalue weighted by molar-refractivity contribution is 5.94. The topological polar surface area (TPSA) is 150 Å². The lowest BCUT2D eigenvalue weighted by Gasteiger charge is -2.22. The van der Waals surface area contributed by atoms with Gasteiger partial charge in [-0.1, -0.05) is 31.6 Å². The maximum absolute atomic E-state index is 15.4. The number of aryl methyl sites for hydroxylation is 1. The Hall–Kier alpha value is -6.39. The molecular weight excluding hydrogens is 832 g/mol. The van der Waals surface area contributed by atoms with Crippen LogP contribution in [0.4, 0.5) is 17.6 Å². The van der Waals surface area contributed by atoms with Crippen LogP contribution in [0.3, 0.4) is 0 Å². The average molecular weight is 879 g/mol. The van der Waals surface area contributed by atoms with Crippen molar-refractivity contribution < 1.29 is 74.7 Å². The SMILES string of the molecule is C=C(C(=O)OCCCCOc1ccc(C(=O)Oc2ccc(C(=O)Oc3ccc(OC(=O)c4ccc(CCCCCCOC5CCCCO5)cc4)c(F)c3C=O)cc2)cc1)C(F)(F)F. The number of alkyl halides is 3. The molecule has 0 amide bonds. The molecule has 0 spiro atoms. The fourth-order valence-electron chi connectivity index (χ4n) is 6.07. The molecule has 1 fully saturated rings. The lowest BCUT2D eigenvalue weighted by molar-refractivity contribution is -0.162. The Kier molecular flexibility index (Phi) is 17.9. The average Bonchev–Trinajstić information content (AvgIpc) is 3.28. The van der Waals surface area contributed by atoms with Crippen LogP contribution >= 0.6 is 0 Å². The highest BCUT2D eigenvalue weighted by Gasteiger charge is 2.37. The van der Waals surface area contributed by atoms with Gasteiger partial charge in [-0.25, -0.2) is 23.6 Å². The minimum Gasteiger partial charge on any atom is -0.494 e. The number of unbranched alkanes of at least 4 members (excludes halogenated alkanes) is 4. The Bertz CT molecular complexity index is 2180. The van der Waals surface area contributed by atoms with Gasteiger partial charge in [0.1, 0.15) is 22.8 Å². The molecule has 0 N–H and O–H groups in total. The molecular formula is C47H46F4O12. The Morgan fingerprint density at radius 3 is 1.84 bits per heavy atom. The number of esters is 4. The molecule has 4 aromatic rings. The van der Waals surface area contributed by atoms with Gasteiger partial charge in [-0.05, 0) is 130 Å². The molecule has 0 bridgehead atoms. The number of hydrogen-bond donors (Lipinski definition) is 0. The van der Waals surface area contributed by atoms with E-state index in [4.69, 9.17) is 28.4 Å². The smallest absolute Gasteiger partial charge is 0.422 e. The van der Waals surface area contributed by atoms with E-state index in [1.807, 2.05) is 0 Å². The number of aldehydes is 1. The first kappa shape index (κ1) is 47.7. The Balaban J connectivity index is 1.02. The van der Waals surface area contributed by atoms with Crippen molar-refractivity contribution in [3.8, 4) is 23.0 Å². The van der Waals surface area contributed by atoms with Gasteiger partial charge in [0.2, 0.25) is 0 Å². The number of rotatable bonds is 22. The molecule has 334 valence electrons. The summed E-state index contributed by atoms with van der Waals surface area (Å²) in [7, 11) is 0. The fraction of sp³-hybridized carbons (Fsp3) is 0.340. The van der Waals surface area contributed by atoms with E-state index in [9.17, 15) is 37.1 Å². The molecule has 0 aromatic heterocycles. The molecule has 1 aliphatic heterocycles. The van der Waals surface area contributed by atoms with Crippen LogP contribution in [0.15, 0.2) is 97.1 Å². The molecule has 1 atom stereocenters. The largest absolute Gasteiger partial charge is 0.494 e. The number of hydrogen-bond acceptors (Lipinski definition) is 12. The molecule has 1 aliphatic rings. The van der Waals surface area contributed by atoms with Gasteiger partial charge in [-0.2, -0.15) is 13.2 Å². The van der Waals surface area contributed by atoms with Crippen LogP contribution in [0.2, 0.25) is 0 Å². The van der Waals surface area contributed by atoms with Crippen molar-refractivity contribution in [2.75, 3.05) is 26.4 Å². The highest BCUT2D eigenvalue weighted by Crippen LogP contribution is 2.30. The number of carbonyl (C=O) groups is 5. The van der Waals surface area contributed by atoms with E-state index in [1.165, 1.54) is 48.5 Å². The molecule has 0 aliphatic carbocycles. The third kappa shape index (κ3) is 14.9. The molecule has 0 radical (unpaired) electrons. The maximum Gasteiger partial charge on any atom is 0.422 e. The van der Waals surface area contributed by atoms with Crippen LogP contribution in [-0.4, -0.2) is 69.1 Å². The lowest BCUT2D eigenvalue weighted by atomic mass is 10.0. The van der Waals surface area contributed by atoms with Gasteiger partial charge in [0.15, 0.2) is 24.1 Å². The minimum absolute atomic E-state index is 0.0209. The van der Waals surface area contributed by atoms with Gasteiger partial charge in [-0.3, -0.25) is 4.79 Å². The van der Waals surface area contributed by atoms with Crippen molar-refractivity contribution in [1.82, 2.24) is 0 Å². The standard InChI is InChI=1S/C47H46F4O12/c1-31(47(49,50)51)43(53)60-29-9-8-26-57-36-20-16-34(17-21-36)44(54)61-37-22-18-35(19-23-37)45(55)62-39-24-25-40(42(48)38(39)30-52)63-46(56)33-14-12-32(13-15-33)10-4-2-3-6-27-58-41-11-5-7-28-59-41/h12-25,30,41H,1-11,26-29H2. The molecule has 5 rings (SSSR count). The second kappa shape index (κ2) is 23.7. The van der Waals surface area contributed by atoms with Crippen LogP contribution in [0.5, 0.6) is 23.0 Å². The quantitative estimate of drug-likeness (QED) is 0.0185. The van der Waals surface area contributed by atoms with Crippen LogP contribution in [-0.2, 0) is 25.4 Å². The number of carbonyl (C=O) groups excluding carboxylic acids is 5. The normalized spacial score (nSPS) is 13.7. The summed E-state index contributed by atoms with van der Waals surface area (Å²) in [6.45, 7) is 4.04. The van der Waals surface area contributed by atoms with Gasteiger partial charge in [0.05, 0.1) is 35.5 Å². The van der Waals surface area contributed by atoms with Crippen molar-refractivity contribution in [1.29, 1.82) is 0 Å². The molecule has 0 saturated carbocycles. The van der Waals surface area contributed by atoms with Crippen LogP contribution in [0.25, 0.3) is 0 Å². The summed E-state index contributed by atoms with van der Waals surface area (Å²) in [6.07, 6.45) is 3.81. The van der Waals surface area contributed by atoms with Crippen molar-refractivity contribution in [3.63, 3.8) is 0 Å². The predicted octanol–water partition coefficient (Wildman–Crippen LogP) is 9.76. The monoisotopic (exact) mass is 878 g/mol. The van der Waals surface area contributed by atoms with Gasteiger partial charge in [-0.15, -0.1) is 0 Å². The van der Waals surface area contributed by atoms with Crippen molar-refractivity contribution in [3.05, 3.63) is 131 Å². The first-order valence-corrected chi connectivity index (χ1v) is 20.3. The summed E-state index contributed by atoms with van der Waals surface area (Å²) < 4.78 is 90.1. The molecule has 1 unspecified atom stereocenters. The van der Waals surface area contributed by atoms with Crippen LogP contribution in [0.1, 0.15) is 105 Å².